The van der Waals surface area contributed by atoms with Gasteiger partial charge in [0.05, 0.1) is 0 Å². The smallest absolute Gasteiger partial charge is 0.376 e. The Kier molecular flexibility index (Phi) is 3.35. The predicted molar refractivity (Wildman–Crippen MR) is 52.3 cm³/mol. The van der Waals surface area contributed by atoms with Crippen LogP contribution in [0.25, 0.3) is 0 Å². The number of methoxy groups -OCH3 is 2. The van der Waals surface area contributed by atoms with Crippen LogP contribution in [0.4, 0.5) is 13.2 Å². The molecule has 0 aromatic carbocycles. The summed E-state index contributed by atoms with van der Waals surface area (Å²) in [7, 11) is 2.76. The molecule has 4 atom stereocenters. The molecule has 1 fully saturated rings. The number of carbonyl (C=O) groups is 1. The van der Waals surface area contributed by atoms with E-state index in [9.17, 15) is 18.0 Å². The van der Waals surface area contributed by atoms with Gasteiger partial charge in [-0.25, -0.2) is 5.06 Å². The quantitative estimate of drug-likeness (QED) is 0.690. The third-order valence-electron chi connectivity index (χ3n) is 2.98. The molecular weight excluding hydrogens is 255 g/mol. The highest BCUT2D eigenvalue weighted by Gasteiger charge is 2.54. The van der Waals surface area contributed by atoms with Crippen LogP contribution in [0, 0.1) is 0 Å². The number of hydrogen-bond donors (Lipinski definition) is 0. The summed E-state index contributed by atoms with van der Waals surface area (Å²) in [6.45, 7) is 0. The van der Waals surface area contributed by atoms with E-state index in [1.807, 2.05) is 0 Å². The van der Waals surface area contributed by atoms with Crippen molar-refractivity contribution in [2.75, 3.05) is 14.2 Å². The van der Waals surface area contributed by atoms with Crippen molar-refractivity contribution in [3.05, 3.63) is 12.2 Å². The number of carbonyl (C=O) groups excluding carboxylic acids is 1. The molecule has 3 rings (SSSR count). The molecule has 18 heavy (non-hydrogen) atoms. The second-order valence-electron chi connectivity index (χ2n) is 3.97. The molecule has 1 aliphatic carbocycles. The number of amides is 1. The van der Waals surface area contributed by atoms with Gasteiger partial charge in [-0.3, -0.25) is 9.63 Å². The molecule has 4 unspecified atom stereocenters. The number of halogens is 3. The summed E-state index contributed by atoms with van der Waals surface area (Å²) in [6, 6.07) is -0.945. The average Bonchev–Trinajstić information content (AvgIpc) is 2.35. The van der Waals surface area contributed by atoms with Gasteiger partial charge in [-0.15, -0.1) is 0 Å². The molecule has 3 aliphatic rings. The Morgan fingerprint density at radius 1 is 1.22 bits per heavy atom. The maximum absolute atomic E-state index is 12.4. The van der Waals surface area contributed by atoms with Gasteiger partial charge >= 0.3 is 12.1 Å². The summed E-state index contributed by atoms with van der Waals surface area (Å²) in [4.78, 5) is 16.2. The molecule has 0 aromatic heterocycles. The Bertz CT molecular complexity index is 371. The van der Waals surface area contributed by atoms with Crippen LogP contribution in [0.15, 0.2) is 12.2 Å². The van der Waals surface area contributed by atoms with Crippen molar-refractivity contribution in [2.45, 2.75) is 30.5 Å². The van der Waals surface area contributed by atoms with E-state index in [0.29, 0.717) is 5.06 Å². The van der Waals surface area contributed by atoms with Crippen LogP contribution in [0.2, 0.25) is 0 Å². The zero-order valence-corrected chi connectivity index (χ0v) is 9.68. The van der Waals surface area contributed by atoms with Gasteiger partial charge in [-0.2, -0.15) is 13.2 Å². The lowest BCUT2D eigenvalue weighted by Crippen LogP contribution is -2.65. The molecule has 1 saturated heterocycles. The van der Waals surface area contributed by atoms with E-state index in [-0.39, 0.29) is 0 Å². The first kappa shape index (κ1) is 13.3. The number of alkyl halides is 3. The Morgan fingerprint density at radius 2 is 1.83 bits per heavy atom. The van der Waals surface area contributed by atoms with E-state index in [0.717, 1.165) is 0 Å². The first-order valence-corrected chi connectivity index (χ1v) is 5.21. The molecule has 1 amide bonds. The number of rotatable bonds is 2. The molecule has 0 saturated carbocycles. The summed E-state index contributed by atoms with van der Waals surface area (Å²) < 4.78 is 47.4. The maximum Gasteiger partial charge on any atom is 0.473 e. The Balaban J connectivity index is 2.25. The first-order chi connectivity index (χ1) is 8.40. The van der Waals surface area contributed by atoms with Gasteiger partial charge in [-0.05, 0) is 0 Å². The van der Waals surface area contributed by atoms with E-state index >= 15 is 0 Å². The van der Waals surface area contributed by atoms with Gasteiger partial charge in [0.25, 0.3) is 0 Å². The van der Waals surface area contributed by atoms with E-state index in [1.54, 1.807) is 6.08 Å². The van der Waals surface area contributed by atoms with Gasteiger partial charge in [0.15, 0.2) is 0 Å². The lowest BCUT2D eigenvalue weighted by Gasteiger charge is -2.48. The van der Waals surface area contributed by atoms with Crippen molar-refractivity contribution in [3.8, 4) is 0 Å². The molecule has 0 N–H and O–H groups in total. The SMILES string of the molecule is COC1C2C=CC(C1OC)N(C(=O)C(F)(F)F)O2. The molecule has 8 heteroatoms. The summed E-state index contributed by atoms with van der Waals surface area (Å²) in [6.07, 6.45) is -3.95. The zero-order valence-electron chi connectivity index (χ0n) is 9.68. The fourth-order valence-corrected chi connectivity index (χ4v) is 2.18. The standard InChI is InChI=1S/C10H12F3NO4/c1-16-7-5-3-4-6(8(7)17-2)18-14(5)9(15)10(11,12)13/h3-8H,1-2H3. The van der Waals surface area contributed by atoms with Crippen LogP contribution in [-0.4, -0.2) is 55.7 Å². The molecule has 5 nitrogen and oxygen atoms in total. The van der Waals surface area contributed by atoms with Crippen LogP contribution in [0.1, 0.15) is 0 Å². The van der Waals surface area contributed by atoms with E-state index in [1.165, 1.54) is 20.3 Å². The topological polar surface area (TPSA) is 48.0 Å². The van der Waals surface area contributed by atoms with Gasteiger partial charge in [0, 0.05) is 14.2 Å². The molecular formula is C10H12F3NO4. The normalized spacial score (nSPS) is 35.1. The largest absolute Gasteiger partial charge is 0.473 e. The summed E-state index contributed by atoms with van der Waals surface area (Å²) in [5, 5.41) is 0.314. The minimum Gasteiger partial charge on any atom is -0.376 e. The fourth-order valence-electron chi connectivity index (χ4n) is 2.18. The third kappa shape index (κ3) is 2.00. The summed E-state index contributed by atoms with van der Waals surface area (Å²) in [5.41, 5.74) is 0. The zero-order chi connectivity index (χ0) is 13.5. The molecule has 0 spiro atoms. The monoisotopic (exact) mass is 267 g/mol. The van der Waals surface area contributed by atoms with Crippen molar-refractivity contribution < 1.29 is 32.3 Å². The highest BCUT2D eigenvalue weighted by Crippen LogP contribution is 2.34. The van der Waals surface area contributed by atoms with Crippen molar-refractivity contribution in [3.63, 3.8) is 0 Å². The number of hydroxylamine groups is 2. The number of ether oxygens (including phenoxy) is 2. The highest BCUT2D eigenvalue weighted by molar-refractivity contribution is 5.81. The number of hydrogen-bond acceptors (Lipinski definition) is 4. The van der Waals surface area contributed by atoms with Crippen molar-refractivity contribution in [2.24, 2.45) is 0 Å². The molecule has 0 radical (unpaired) electrons. The Hall–Kier alpha value is -1.12. The summed E-state index contributed by atoms with van der Waals surface area (Å²) >= 11 is 0. The van der Waals surface area contributed by atoms with Gasteiger partial charge in [-0.1, -0.05) is 12.2 Å². The second kappa shape index (κ2) is 4.52. The van der Waals surface area contributed by atoms with E-state index in [2.05, 4.69) is 0 Å². The van der Waals surface area contributed by atoms with E-state index < -0.39 is 36.4 Å². The minimum atomic E-state index is -4.98. The molecule has 2 heterocycles. The van der Waals surface area contributed by atoms with E-state index in [4.69, 9.17) is 14.3 Å². The van der Waals surface area contributed by atoms with Crippen molar-refractivity contribution in [1.29, 1.82) is 0 Å². The lowest BCUT2D eigenvalue weighted by molar-refractivity contribution is -0.303. The lowest BCUT2D eigenvalue weighted by atomic mass is 9.91. The predicted octanol–water partition coefficient (Wildman–Crippen LogP) is 0.659. The number of nitrogens with zero attached hydrogens (tertiary/aromatic N) is 1. The van der Waals surface area contributed by atoms with Crippen LogP contribution in [-0.2, 0) is 19.1 Å². The van der Waals surface area contributed by atoms with Crippen LogP contribution in [0.5, 0.6) is 0 Å². The maximum atomic E-state index is 12.4. The molecule has 0 aromatic rings. The Labute approximate surface area is 101 Å². The molecule has 2 bridgehead atoms. The van der Waals surface area contributed by atoms with Crippen molar-refractivity contribution in [1.82, 2.24) is 5.06 Å². The van der Waals surface area contributed by atoms with Gasteiger partial charge in [0.2, 0.25) is 0 Å². The third-order valence-corrected chi connectivity index (χ3v) is 2.98. The minimum absolute atomic E-state index is 0.314. The van der Waals surface area contributed by atoms with Crippen LogP contribution >= 0.6 is 0 Å². The Morgan fingerprint density at radius 3 is 2.33 bits per heavy atom. The van der Waals surface area contributed by atoms with Gasteiger partial charge in [0.1, 0.15) is 24.4 Å². The van der Waals surface area contributed by atoms with Crippen LogP contribution in [0.3, 0.4) is 0 Å². The van der Waals surface area contributed by atoms with Crippen molar-refractivity contribution >= 4 is 5.91 Å². The second-order valence-corrected chi connectivity index (χ2v) is 3.97. The molecule has 2 aliphatic heterocycles. The number of fused-ring (bicyclic) bond motifs is 2. The van der Waals surface area contributed by atoms with Gasteiger partial charge < -0.3 is 9.47 Å². The molecule has 102 valence electrons. The summed E-state index contributed by atoms with van der Waals surface area (Å²) in [5.74, 6) is -2.04. The highest BCUT2D eigenvalue weighted by atomic mass is 19.4. The van der Waals surface area contributed by atoms with Crippen LogP contribution < -0.4 is 0 Å². The fraction of sp³-hybridized carbons (Fsp3) is 0.700. The first-order valence-electron chi connectivity index (χ1n) is 5.21. The average molecular weight is 267 g/mol.